The van der Waals surface area contributed by atoms with Crippen LogP contribution in [0.25, 0.3) is 0 Å². The molecule has 4 heteroatoms. The Labute approximate surface area is 137 Å². The highest BCUT2D eigenvalue weighted by atomic mass is 19.1. The van der Waals surface area contributed by atoms with Gasteiger partial charge in [0.25, 0.3) is 0 Å². The van der Waals surface area contributed by atoms with Crippen molar-refractivity contribution >= 4 is 5.69 Å². The summed E-state index contributed by atoms with van der Waals surface area (Å²) in [6, 6.07) is 14.7. The van der Waals surface area contributed by atoms with Crippen LogP contribution in [0.5, 0.6) is 5.75 Å². The van der Waals surface area contributed by atoms with E-state index in [-0.39, 0.29) is 5.82 Å². The lowest BCUT2D eigenvalue weighted by Crippen LogP contribution is -2.15. The molecule has 2 aromatic rings. The molecule has 2 aromatic carbocycles. The zero-order valence-corrected chi connectivity index (χ0v) is 13.8. The number of halogens is 1. The second-order valence-corrected chi connectivity index (χ2v) is 5.87. The molecule has 2 N–H and O–H groups in total. The maximum Gasteiger partial charge on any atom is 0.126 e. The topological polar surface area (TPSA) is 38.5 Å². The zero-order valence-electron chi connectivity index (χ0n) is 13.8. The third kappa shape index (κ3) is 5.25. The molecule has 0 aromatic heterocycles. The number of rotatable bonds is 8. The van der Waals surface area contributed by atoms with Crippen molar-refractivity contribution in [3.05, 3.63) is 59.9 Å². The third-order valence-corrected chi connectivity index (χ3v) is 3.90. The molecule has 0 aliphatic carbocycles. The van der Waals surface area contributed by atoms with Gasteiger partial charge in [0.1, 0.15) is 11.6 Å². The van der Waals surface area contributed by atoms with Crippen LogP contribution in [0, 0.1) is 5.82 Å². The number of hydrogen-bond donors (Lipinski definition) is 1. The van der Waals surface area contributed by atoms with Crippen molar-refractivity contribution in [3.63, 3.8) is 0 Å². The highest BCUT2D eigenvalue weighted by Crippen LogP contribution is 2.24. The molecule has 0 aliphatic heterocycles. The van der Waals surface area contributed by atoms with E-state index in [9.17, 15) is 4.39 Å². The number of hydrogen-bond acceptors (Lipinski definition) is 3. The minimum atomic E-state index is -0.275. The van der Waals surface area contributed by atoms with Crippen molar-refractivity contribution in [3.8, 4) is 5.75 Å². The molecule has 0 spiro atoms. The largest absolute Gasteiger partial charge is 0.493 e. The van der Waals surface area contributed by atoms with Crippen LogP contribution in [-0.2, 0) is 0 Å². The second-order valence-electron chi connectivity index (χ2n) is 5.87. The van der Waals surface area contributed by atoms with Gasteiger partial charge in [-0.05, 0) is 55.1 Å². The molecule has 3 nitrogen and oxygen atoms in total. The molecule has 23 heavy (non-hydrogen) atoms. The highest BCUT2D eigenvalue weighted by Gasteiger charge is 2.11. The van der Waals surface area contributed by atoms with E-state index in [1.54, 1.807) is 12.1 Å². The summed E-state index contributed by atoms with van der Waals surface area (Å²) in [5, 5.41) is 0. The lowest BCUT2D eigenvalue weighted by atomic mass is 9.94. The van der Waals surface area contributed by atoms with E-state index < -0.39 is 0 Å². The number of nitrogens with two attached hydrogens (primary N) is 1. The van der Waals surface area contributed by atoms with Gasteiger partial charge in [0.05, 0.1) is 6.61 Å². The van der Waals surface area contributed by atoms with Crippen molar-refractivity contribution < 1.29 is 9.13 Å². The molecular weight excluding hydrogens is 291 g/mol. The van der Waals surface area contributed by atoms with Crippen molar-refractivity contribution in [1.29, 1.82) is 0 Å². The molecule has 2 rings (SSSR count). The lowest BCUT2D eigenvalue weighted by Gasteiger charge is -2.19. The monoisotopic (exact) mass is 316 g/mol. The van der Waals surface area contributed by atoms with Gasteiger partial charge in [-0.3, -0.25) is 0 Å². The predicted molar refractivity (Wildman–Crippen MR) is 93.7 cm³/mol. The van der Waals surface area contributed by atoms with Gasteiger partial charge in [-0.15, -0.1) is 0 Å². The van der Waals surface area contributed by atoms with Gasteiger partial charge in [0.15, 0.2) is 0 Å². The molecule has 0 heterocycles. The summed E-state index contributed by atoms with van der Waals surface area (Å²) in [6.45, 7) is 1.17. The fourth-order valence-electron chi connectivity index (χ4n) is 2.55. The Hall–Kier alpha value is -2.07. The summed E-state index contributed by atoms with van der Waals surface area (Å²) in [4.78, 5) is 2.09. The molecule has 1 atom stereocenters. The smallest absolute Gasteiger partial charge is 0.126 e. The summed E-state index contributed by atoms with van der Waals surface area (Å²) < 4.78 is 18.7. The van der Waals surface area contributed by atoms with E-state index >= 15 is 0 Å². The molecule has 0 aliphatic rings. The van der Waals surface area contributed by atoms with Gasteiger partial charge >= 0.3 is 0 Å². The van der Waals surface area contributed by atoms with Gasteiger partial charge in [0.2, 0.25) is 0 Å². The normalized spacial score (nSPS) is 12.0. The van der Waals surface area contributed by atoms with Crippen LogP contribution in [-0.4, -0.2) is 27.2 Å². The van der Waals surface area contributed by atoms with E-state index in [0.717, 1.165) is 12.8 Å². The van der Waals surface area contributed by atoms with Gasteiger partial charge < -0.3 is 15.4 Å². The van der Waals surface area contributed by atoms with Crippen molar-refractivity contribution in [1.82, 2.24) is 0 Å². The van der Waals surface area contributed by atoms with Crippen LogP contribution < -0.4 is 15.4 Å². The number of anilines is 1. The third-order valence-electron chi connectivity index (χ3n) is 3.90. The number of ether oxygens (including phenoxy) is 1. The summed E-state index contributed by atoms with van der Waals surface area (Å²) in [5.74, 6) is 0.609. The molecule has 0 fully saturated rings. The van der Waals surface area contributed by atoms with Gasteiger partial charge in [0, 0.05) is 25.8 Å². The van der Waals surface area contributed by atoms with Crippen LogP contribution in [0.4, 0.5) is 10.1 Å². The molecule has 0 bridgehead atoms. The molecule has 0 saturated carbocycles. The number of nitrogens with zero attached hydrogens (tertiary/aromatic N) is 1. The molecule has 0 saturated heterocycles. The summed E-state index contributed by atoms with van der Waals surface area (Å²) >= 11 is 0. The van der Waals surface area contributed by atoms with Crippen molar-refractivity contribution in [2.24, 2.45) is 5.73 Å². The Morgan fingerprint density at radius 2 is 1.91 bits per heavy atom. The average Bonchev–Trinajstić information content (AvgIpc) is 2.55. The average molecular weight is 316 g/mol. The Balaban J connectivity index is 1.86. The van der Waals surface area contributed by atoms with Crippen molar-refractivity contribution in [2.75, 3.05) is 32.1 Å². The zero-order chi connectivity index (χ0) is 16.7. The van der Waals surface area contributed by atoms with Gasteiger partial charge in [-0.25, -0.2) is 4.39 Å². The van der Waals surface area contributed by atoms with E-state index in [1.165, 1.54) is 23.4 Å². The Morgan fingerprint density at radius 1 is 1.13 bits per heavy atom. The summed E-state index contributed by atoms with van der Waals surface area (Å²) in [6.07, 6.45) is 1.83. The summed E-state index contributed by atoms with van der Waals surface area (Å²) in [7, 11) is 4.06. The van der Waals surface area contributed by atoms with Gasteiger partial charge in [-0.1, -0.05) is 18.2 Å². The Morgan fingerprint density at radius 3 is 2.61 bits per heavy atom. The lowest BCUT2D eigenvalue weighted by molar-refractivity contribution is 0.300. The van der Waals surface area contributed by atoms with Crippen LogP contribution in [0.15, 0.2) is 48.5 Å². The first-order valence-corrected chi connectivity index (χ1v) is 7.96. The molecule has 0 radical (unpaired) electrons. The van der Waals surface area contributed by atoms with Crippen LogP contribution in [0.2, 0.25) is 0 Å². The molecule has 124 valence electrons. The fourth-order valence-corrected chi connectivity index (χ4v) is 2.55. The number of benzene rings is 2. The first-order valence-electron chi connectivity index (χ1n) is 7.96. The Bertz CT molecular complexity index is 616. The fraction of sp³-hybridized carbons (Fsp3) is 0.368. The van der Waals surface area contributed by atoms with E-state index in [2.05, 4.69) is 29.2 Å². The summed E-state index contributed by atoms with van der Waals surface area (Å²) in [5.41, 5.74) is 8.37. The van der Waals surface area contributed by atoms with Crippen molar-refractivity contribution in [2.45, 2.75) is 18.8 Å². The van der Waals surface area contributed by atoms with Crippen LogP contribution in [0.1, 0.15) is 24.3 Å². The quantitative estimate of drug-likeness (QED) is 0.753. The first kappa shape index (κ1) is 17.3. The molecule has 0 amide bonds. The van der Waals surface area contributed by atoms with Crippen LogP contribution >= 0.6 is 0 Å². The maximum atomic E-state index is 13.1. The van der Waals surface area contributed by atoms with E-state index in [4.69, 9.17) is 10.5 Å². The highest BCUT2D eigenvalue weighted by molar-refractivity contribution is 5.48. The van der Waals surface area contributed by atoms with E-state index in [1.807, 2.05) is 14.1 Å². The maximum absolute atomic E-state index is 13.1. The van der Waals surface area contributed by atoms with Crippen LogP contribution in [0.3, 0.4) is 0 Å². The Kier molecular flexibility index (Phi) is 6.41. The standard InChI is InChI=1S/C19H25FN2O/c1-22(2)18-9-3-6-15(12-18)16(14-21)7-5-11-23-19-10-4-8-17(20)13-19/h3-4,6,8-10,12-13,16H,5,7,11,14,21H2,1-2H3. The first-order chi connectivity index (χ1) is 11.1. The predicted octanol–water partition coefficient (Wildman–Crippen LogP) is 3.79. The van der Waals surface area contributed by atoms with Gasteiger partial charge in [-0.2, -0.15) is 0 Å². The van der Waals surface area contributed by atoms with E-state index in [0.29, 0.717) is 24.8 Å². The minimum absolute atomic E-state index is 0.275. The molecular formula is C19H25FN2O. The second kappa shape index (κ2) is 8.53. The SMILES string of the molecule is CN(C)c1cccc(C(CN)CCCOc2cccc(F)c2)c1. The molecule has 1 unspecified atom stereocenters. The minimum Gasteiger partial charge on any atom is -0.493 e.